The highest BCUT2D eigenvalue weighted by molar-refractivity contribution is 7.71. The van der Waals surface area contributed by atoms with Gasteiger partial charge in [0.2, 0.25) is 8.67 Å². The standard InChI is InChI=1S/CHO2PS/c5-1-2-4-3-1/h4H. The molecule has 0 saturated heterocycles. The van der Waals surface area contributed by atoms with Crippen molar-refractivity contribution < 1.29 is 8.39 Å². The molecule has 0 amide bonds. The van der Waals surface area contributed by atoms with Crippen molar-refractivity contribution in [2.75, 3.05) is 0 Å². The molecule has 0 fully saturated rings. The highest BCUT2D eigenvalue weighted by Gasteiger charge is 1.74. The minimum Gasteiger partial charge on any atom is -0.378 e. The summed E-state index contributed by atoms with van der Waals surface area (Å²) in [5.74, 6) is 0. The van der Waals surface area contributed by atoms with E-state index in [9.17, 15) is 0 Å². The van der Waals surface area contributed by atoms with Gasteiger partial charge in [-0.1, -0.05) is 0 Å². The minimum atomic E-state index is 0.160. The van der Waals surface area contributed by atoms with Crippen LogP contribution in [0.4, 0.5) is 0 Å². The molecule has 0 aromatic carbocycles. The normalized spacial score (nSPS) is 8.80. The third-order valence-corrected chi connectivity index (χ3v) is 1.25. The van der Waals surface area contributed by atoms with Gasteiger partial charge in [-0.2, -0.15) is 0 Å². The summed E-state index contributed by atoms with van der Waals surface area (Å²) in [6.45, 7) is 0. The summed E-state index contributed by atoms with van der Waals surface area (Å²) in [6, 6.07) is 0. The maximum Gasteiger partial charge on any atom is 0.372 e. The first-order valence-corrected chi connectivity index (χ1v) is 2.25. The van der Waals surface area contributed by atoms with Crippen LogP contribution in [0.5, 0.6) is 0 Å². The lowest BCUT2D eigenvalue weighted by Crippen LogP contribution is -1.45. The predicted molar refractivity (Wildman–Crippen MR) is 21.3 cm³/mol. The summed E-state index contributed by atoms with van der Waals surface area (Å²) >= 11 is 4.35. The summed E-state index contributed by atoms with van der Waals surface area (Å²) in [6.07, 6.45) is 0. The zero-order valence-electron chi connectivity index (χ0n) is 2.22. The fourth-order valence-corrected chi connectivity index (χ4v) is 0.431. The van der Waals surface area contributed by atoms with Gasteiger partial charge in [-0.3, -0.25) is 0 Å². The second-order valence-electron chi connectivity index (χ2n) is 0.537. The van der Waals surface area contributed by atoms with Crippen LogP contribution in [0.3, 0.4) is 0 Å². The maximum atomic E-state index is 4.47. The monoisotopic (exact) mass is 108 g/mol. The summed E-state index contributed by atoms with van der Waals surface area (Å²) in [7, 11) is 0.160. The molecule has 0 saturated carbocycles. The van der Waals surface area contributed by atoms with Gasteiger partial charge in [0.15, 0.2) is 0 Å². The Balaban J connectivity index is 3.29. The van der Waals surface area contributed by atoms with Crippen LogP contribution in [-0.2, 0) is 0 Å². The molecule has 28 valence electrons. The number of hydrogen-bond donors (Lipinski definition) is 0. The van der Waals surface area contributed by atoms with E-state index >= 15 is 0 Å². The Morgan fingerprint density at radius 3 is 2.00 bits per heavy atom. The van der Waals surface area contributed by atoms with Gasteiger partial charge in [-0.25, -0.2) is 0 Å². The van der Waals surface area contributed by atoms with Crippen molar-refractivity contribution in [2.45, 2.75) is 0 Å². The highest BCUT2D eigenvalue weighted by atomic mass is 32.1. The molecule has 0 aliphatic heterocycles. The average molecular weight is 108 g/mol. The van der Waals surface area contributed by atoms with Crippen molar-refractivity contribution in [3.63, 3.8) is 0 Å². The second kappa shape index (κ2) is 0.994. The van der Waals surface area contributed by atoms with Crippen molar-refractivity contribution in [2.24, 2.45) is 0 Å². The molecule has 0 spiro atoms. The first-order valence-electron chi connectivity index (χ1n) is 1.02. The lowest BCUT2D eigenvalue weighted by atomic mass is 11.7. The zero-order chi connectivity index (χ0) is 3.70. The molecule has 1 rings (SSSR count). The van der Waals surface area contributed by atoms with E-state index in [1.54, 1.807) is 0 Å². The topological polar surface area (TPSA) is 26.3 Å². The van der Waals surface area contributed by atoms with Crippen molar-refractivity contribution in [1.29, 1.82) is 0 Å². The van der Waals surface area contributed by atoms with E-state index in [4.69, 9.17) is 0 Å². The van der Waals surface area contributed by atoms with Crippen LogP contribution in [-0.4, -0.2) is 0 Å². The quantitative estimate of drug-likeness (QED) is 0.472. The molecular weight excluding hydrogens is 107 g/mol. The predicted octanol–water partition coefficient (Wildman–Crippen LogP) is 1.63. The van der Waals surface area contributed by atoms with E-state index in [1.807, 2.05) is 0 Å². The van der Waals surface area contributed by atoms with Crippen molar-refractivity contribution in [3.05, 3.63) is 4.90 Å². The molecule has 1 heterocycles. The summed E-state index contributed by atoms with van der Waals surface area (Å²) < 4.78 is 8.94. The minimum absolute atomic E-state index is 0.160. The molecule has 0 aliphatic rings. The van der Waals surface area contributed by atoms with E-state index in [0.29, 0.717) is 0 Å². The van der Waals surface area contributed by atoms with Gasteiger partial charge in [0.1, 0.15) is 0 Å². The Morgan fingerprint density at radius 2 is 2.00 bits per heavy atom. The molecule has 0 bridgehead atoms. The van der Waals surface area contributed by atoms with Gasteiger partial charge >= 0.3 is 4.90 Å². The van der Waals surface area contributed by atoms with Crippen LogP contribution in [0, 0.1) is 4.90 Å². The third kappa shape index (κ3) is 0.440. The fourth-order valence-electron chi connectivity index (χ4n) is 0.0757. The smallest absolute Gasteiger partial charge is 0.372 e. The molecule has 4 heteroatoms. The molecule has 5 heavy (non-hydrogen) atoms. The van der Waals surface area contributed by atoms with Crippen LogP contribution >= 0.6 is 20.9 Å². The Kier molecular flexibility index (Phi) is 0.634. The Hall–Kier alpha value is -0.0100. The van der Waals surface area contributed by atoms with Gasteiger partial charge in [0.05, 0.1) is 0 Å². The first-order chi connectivity index (χ1) is 2.39. The Morgan fingerprint density at radius 1 is 1.60 bits per heavy atom. The average Bonchev–Trinajstić information content (AvgIpc) is 1.30. The number of hydrogen-bond acceptors (Lipinski definition) is 3. The van der Waals surface area contributed by atoms with Crippen LogP contribution in [0.25, 0.3) is 0 Å². The largest absolute Gasteiger partial charge is 0.378 e. The molecule has 0 radical (unpaired) electrons. The van der Waals surface area contributed by atoms with Crippen molar-refractivity contribution >= 4 is 20.9 Å². The summed E-state index contributed by atoms with van der Waals surface area (Å²) in [4.78, 5) is 0.281. The van der Waals surface area contributed by atoms with Crippen molar-refractivity contribution in [1.82, 2.24) is 0 Å². The summed E-state index contributed by atoms with van der Waals surface area (Å²) in [5, 5.41) is 0. The lowest BCUT2D eigenvalue weighted by Gasteiger charge is -1.77. The zero-order valence-corrected chi connectivity index (χ0v) is 4.04. The van der Waals surface area contributed by atoms with Gasteiger partial charge in [0, 0.05) is 12.2 Å². The SMILES string of the molecule is S=c1o[pH]o1. The molecule has 1 aromatic rings. The maximum absolute atomic E-state index is 4.47. The molecule has 0 unspecified atom stereocenters. The van der Waals surface area contributed by atoms with E-state index < -0.39 is 0 Å². The third-order valence-electron chi connectivity index (χ3n) is 0.250. The van der Waals surface area contributed by atoms with Crippen LogP contribution in [0.1, 0.15) is 0 Å². The van der Waals surface area contributed by atoms with Crippen LogP contribution in [0.15, 0.2) is 8.39 Å². The molecule has 0 aliphatic carbocycles. The number of rotatable bonds is 0. The molecular formula is CHO2PS. The van der Waals surface area contributed by atoms with E-state index in [0.717, 1.165) is 0 Å². The molecule has 0 atom stereocenters. The van der Waals surface area contributed by atoms with Crippen LogP contribution in [0.2, 0.25) is 0 Å². The second-order valence-corrected chi connectivity index (χ2v) is 1.45. The van der Waals surface area contributed by atoms with E-state index in [-0.39, 0.29) is 13.6 Å². The summed E-state index contributed by atoms with van der Waals surface area (Å²) in [5.41, 5.74) is 0. The lowest BCUT2D eigenvalue weighted by molar-refractivity contribution is 0.397. The van der Waals surface area contributed by atoms with Gasteiger partial charge in [-0.05, 0) is 0 Å². The Bertz CT molecular complexity index is 124. The van der Waals surface area contributed by atoms with E-state index in [2.05, 4.69) is 20.6 Å². The van der Waals surface area contributed by atoms with Crippen LogP contribution < -0.4 is 0 Å². The molecule has 0 N–H and O–H groups in total. The molecule has 1 aromatic heterocycles. The van der Waals surface area contributed by atoms with Crippen molar-refractivity contribution in [3.8, 4) is 0 Å². The molecule has 2 nitrogen and oxygen atoms in total. The first kappa shape index (κ1) is 3.19. The fraction of sp³-hybridized carbons (Fsp3) is 0. The Labute approximate surface area is 35.1 Å². The highest BCUT2D eigenvalue weighted by Crippen LogP contribution is 2.07. The van der Waals surface area contributed by atoms with E-state index in [1.165, 1.54) is 0 Å². The van der Waals surface area contributed by atoms with Gasteiger partial charge < -0.3 is 8.39 Å². The van der Waals surface area contributed by atoms with Gasteiger partial charge in [-0.15, -0.1) is 0 Å². The van der Waals surface area contributed by atoms with Gasteiger partial charge in [0.25, 0.3) is 0 Å².